The SMILES string of the molecule is Cc1cc(NC(=O)Cn2ccccc2=O)n[nH]1. The second-order valence-corrected chi connectivity index (χ2v) is 3.65. The van der Waals surface area contributed by atoms with Crippen molar-refractivity contribution in [2.24, 2.45) is 0 Å². The summed E-state index contributed by atoms with van der Waals surface area (Å²) in [6.45, 7) is 1.82. The van der Waals surface area contributed by atoms with E-state index in [9.17, 15) is 9.59 Å². The summed E-state index contributed by atoms with van der Waals surface area (Å²) in [4.78, 5) is 23.0. The van der Waals surface area contributed by atoms with Gasteiger partial charge < -0.3 is 9.88 Å². The molecule has 0 radical (unpaired) electrons. The van der Waals surface area contributed by atoms with E-state index in [4.69, 9.17) is 0 Å². The molecule has 2 N–H and O–H groups in total. The summed E-state index contributed by atoms with van der Waals surface area (Å²) in [5.41, 5.74) is 0.651. The van der Waals surface area contributed by atoms with Crippen LogP contribution in [0, 0.1) is 6.92 Å². The number of aromatic amines is 1. The second-order valence-electron chi connectivity index (χ2n) is 3.65. The van der Waals surface area contributed by atoms with E-state index in [1.54, 1.807) is 24.4 Å². The highest BCUT2D eigenvalue weighted by Crippen LogP contribution is 2.03. The minimum absolute atomic E-state index is 0.0222. The van der Waals surface area contributed by atoms with E-state index in [1.165, 1.54) is 10.6 Å². The molecule has 0 aliphatic heterocycles. The largest absolute Gasteiger partial charge is 0.308 e. The van der Waals surface area contributed by atoms with Crippen LogP contribution >= 0.6 is 0 Å². The van der Waals surface area contributed by atoms with Crippen molar-refractivity contribution in [1.82, 2.24) is 14.8 Å². The van der Waals surface area contributed by atoms with Crippen molar-refractivity contribution in [2.75, 3.05) is 5.32 Å². The smallest absolute Gasteiger partial charge is 0.250 e. The molecule has 0 aliphatic rings. The lowest BCUT2D eigenvalue weighted by Gasteiger charge is -2.04. The van der Waals surface area contributed by atoms with Crippen molar-refractivity contribution in [1.29, 1.82) is 0 Å². The van der Waals surface area contributed by atoms with E-state index < -0.39 is 0 Å². The number of nitrogens with zero attached hydrogens (tertiary/aromatic N) is 2. The Morgan fingerprint density at radius 3 is 3.00 bits per heavy atom. The van der Waals surface area contributed by atoms with Crippen molar-refractivity contribution >= 4 is 11.7 Å². The van der Waals surface area contributed by atoms with E-state index in [2.05, 4.69) is 15.5 Å². The molecule has 0 saturated carbocycles. The van der Waals surface area contributed by atoms with Gasteiger partial charge in [0.05, 0.1) is 0 Å². The van der Waals surface area contributed by atoms with E-state index in [0.717, 1.165) is 5.69 Å². The lowest BCUT2D eigenvalue weighted by molar-refractivity contribution is -0.116. The Hall–Kier alpha value is -2.37. The van der Waals surface area contributed by atoms with E-state index >= 15 is 0 Å². The van der Waals surface area contributed by atoms with E-state index in [0.29, 0.717) is 5.82 Å². The number of amides is 1. The molecule has 2 heterocycles. The molecular formula is C11H12N4O2. The van der Waals surface area contributed by atoms with Gasteiger partial charge in [-0.05, 0) is 13.0 Å². The predicted molar refractivity (Wildman–Crippen MR) is 62.7 cm³/mol. The molecule has 0 unspecified atom stereocenters. The lowest BCUT2D eigenvalue weighted by Crippen LogP contribution is -2.26. The highest BCUT2D eigenvalue weighted by atomic mass is 16.2. The molecular weight excluding hydrogens is 220 g/mol. The first-order valence-corrected chi connectivity index (χ1v) is 5.12. The molecule has 2 rings (SSSR count). The van der Waals surface area contributed by atoms with Gasteiger partial charge in [0.1, 0.15) is 6.54 Å². The van der Waals surface area contributed by atoms with Gasteiger partial charge in [-0.3, -0.25) is 14.7 Å². The fourth-order valence-corrected chi connectivity index (χ4v) is 1.41. The Morgan fingerprint density at radius 1 is 1.53 bits per heavy atom. The van der Waals surface area contributed by atoms with Gasteiger partial charge in [0.2, 0.25) is 5.91 Å². The number of carbonyl (C=O) groups is 1. The van der Waals surface area contributed by atoms with Gasteiger partial charge in [0.25, 0.3) is 5.56 Å². The number of nitrogens with one attached hydrogen (secondary N) is 2. The van der Waals surface area contributed by atoms with Crippen LogP contribution in [0.5, 0.6) is 0 Å². The number of hydrogen-bond donors (Lipinski definition) is 2. The van der Waals surface area contributed by atoms with Gasteiger partial charge in [-0.1, -0.05) is 6.07 Å². The molecule has 0 saturated heterocycles. The van der Waals surface area contributed by atoms with Crippen LogP contribution in [0.2, 0.25) is 0 Å². The maximum absolute atomic E-state index is 11.6. The molecule has 1 amide bonds. The third-order valence-corrected chi connectivity index (χ3v) is 2.19. The average Bonchev–Trinajstić information content (AvgIpc) is 2.67. The fourth-order valence-electron chi connectivity index (χ4n) is 1.41. The Kier molecular flexibility index (Phi) is 3.04. The molecule has 88 valence electrons. The lowest BCUT2D eigenvalue weighted by atomic mass is 10.4. The normalized spacial score (nSPS) is 10.2. The molecule has 0 bridgehead atoms. The first-order valence-electron chi connectivity index (χ1n) is 5.12. The van der Waals surface area contributed by atoms with Gasteiger partial charge >= 0.3 is 0 Å². The first kappa shape index (κ1) is 11.1. The van der Waals surface area contributed by atoms with E-state index in [-0.39, 0.29) is 18.0 Å². The number of aryl methyl sites for hydroxylation is 1. The summed E-state index contributed by atoms with van der Waals surface area (Å²) in [6, 6.07) is 6.46. The van der Waals surface area contributed by atoms with Gasteiger partial charge in [0.15, 0.2) is 5.82 Å². The van der Waals surface area contributed by atoms with E-state index in [1.807, 2.05) is 6.92 Å². The maximum Gasteiger partial charge on any atom is 0.250 e. The van der Waals surface area contributed by atoms with Crippen LogP contribution in [0.15, 0.2) is 35.3 Å². The zero-order valence-electron chi connectivity index (χ0n) is 9.30. The summed E-state index contributed by atoms with van der Waals surface area (Å²) in [5.74, 6) is 0.168. The van der Waals surface area contributed by atoms with Crippen LogP contribution in [-0.4, -0.2) is 20.7 Å². The predicted octanol–water partition coefficient (Wildman–Crippen LogP) is 0.519. The third-order valence-electron chi connectivity index (χ3n) is 2.19. The van der Waals surface area contributed by atoms with Crippen molar-refractivity contribution in [3.8, 4) is 0 Å². The Morgan fingerprint density at radius 2 is 2.35 bits per heavy atom. The zero-order chi connectivity index (χ0) is 12.3. The minimum atomic E-state index is -0.287. The molecule has 0 spiro atoms. The van der Waals surface area contributed by atoms with Crippen molar-refractivity contribution in [3.63, 3.8) is 0 Å². The fraction of sp³-hybridized carbons (Fsp3) is 0.182. The molecule has 6 heteroatoms. The molecule has 0 atom stereocenters. The number of rotatable bonds is 3. The second kappa shape index (κ2) is 4.65. The topological polar surface area (TPSA) is 79.8 Å². The number of anilines is 1. The number of carbonyl (C=O) groups excluding carboxylic acids is 1. The standard InChI is InChI=1S/C11H12N4O2/c1-8-6-9(14-13-8)12-10(16)7-15-5-3-2-4-11(15)17/h2-6H,7H2,1H3,(H2,12,13,14,16). The Balaban J connectivity index is 2.03. The van der Waals surface area contributed by atoms with Crippen LogP contribution in [0.25, 0.3) is 0 Å². The molecule has 2 aromatic heterocycles. The average molecular weight is 232 g/mol. The maximum atomic E-state index is 11.6. The summed E-state index contributed by atoms with van der Waals surface area (Å²) < 4.78 is 1.33. The van der Waals surface area contributed by atoms with Crippen molar-refractivity contribution < 1.29 is 4.79 Å². The number of hydrogen-bond acceptors (Lipinski definition) is 3. The molecule has 17 heavy (non-hydrogen) atoms. The first-order chi connectivity index (χ1) is 8.15. The molecule has 0 aromatic carbocycles. The molecule has 0 aliphatic carbocycles. The number of H-pyrrole nitrogens is 1. The Bertz CT molecular complexity index is 585. The summed E-state index contributed by atoms with van der Waals surface area (Å²) in [5, 5.41) is 9.19. The zero-order valence-corrected chi connectivity index (χ0v) is 9.30. The van der Waals surface area contributed by atoms with Gasteiger partial charge in [-0.2, -0.15) is 5.10 Å². The molecule has 6 nitrogen and oxygen atoms in total. The summed E-state index contributed by atoms with van der Waals surface area (Å²) in [6.07, 6.45) is 1.57. The van der Waals surface area contributed by atoms with Crippen LogP contribution in [0.1, 0.15) is 5.69 Å². The van der Waals surface area contributed by atoms with Gasteiger partial charge in [0, 0.05) is 24.0 Å². The molecule has 2 aromatic rings. The van der Waals surface area contributed by atoms with Gasteiger partial charge in [-0.25, -0.2) is 0 Å². The van der Waals surface area contributed by atoms with Crippen LogP contribution < -0.4 is 10.9 Å². The number of pyridine rings is 1. The van der Waals surface area contributed by atoms with Crippen LogP contribution in [-0.2, 0) is 11.3 Å². The Labute approximate surface area is 97.3 Å². The third kappa shape index (κ3) is 2.81. The quantitative estimate of drug-likeness (QED) is 0.809. The molecule has 0 fully saturated rings. The van der Waals surface area contributed by atoms with Crippen molar-refractivity contribution in [2.45, 2.75) is 13.5 Å². The van der Waals surface area contributed by atoms with Crippen LogP contribution in [0.3, 0.4) is 0 Å². The number of aromatic nitrogens is 3. The van der Waals surface area contributed by atoms with Crippen LogP contribution in [0.4, 0.5) is 5.82 Å². The monoisotopic (exact) mass is 232 g/mol. The summed E-state index contributed by atoms with van der Waals surface area (Å²) >= 11 is 0. The van der Waals surface area contributed by atoms with Gasteiger partial charge in [-0.15, -0.1) is 0 Å². The highest BCUT2D eigenvalue weighted by Gasteiger charge is 2.06. The minimum Gasteiger partial charge on any atom is -0.308 e. The highest BCUT2D eigenvalue weighted by molar-refractivity contribution is 5.89. The summed E-state index contributed by atoms with van der Waals surface area (Å²) in [7, 11) is 0. The van der Waals surface area contributed by atoms with Crippen molar-refractivity contribution in [3.05, 3.63) is 46.5 Å².